The molecule has 2 N–H and O–H groups in total. The van der Waals surface area contributed by atoms with Crippen LogP contribution in [0.5, 0.6) is 0 Å². The number of allylic oxidation sites excluding steroid dienone is 8. The molecule has 3 aliphatic heterocycles. The van der Waals surface area contributed by atoms with E-state index in [-0.39, 0.29) is 22.5 Å². The molecule has 0 saturated heterocycles. The number of unbranched alkanes of at least 4 members (excludes halogenated alkanes) is 2. The first-order valence-corrected chi connectivity index (χ1v) is 28.7. The maximum Gasteiger partial charge on any atom is 0.328 e. The second-order valence-corrected chi connectivity index (χ2v) is 22.2. The van der Waals surface area contributed by atoms with Gasteiger partial charge in [-0.2, -0.15) is 10.5 Å². The summed E-state index contributed by atoms with van der Waals surface area (Å²) in [6.45, 7) is 10.6. The van der Waals surface area contributed by atoms with Crippen LogP contribution in [0.15, 0.2) is 181 Å². The Morgan fingerprint density at radius 2 is 0.987 bits per heavy atom. The number of ether oxygens (including phenoxy) is 1. The van der Waals surface area contributed by atoms with E-state index in [0.29, 0.717) is 40.1 Å². The lowest BCUT2D eigenvalue weighted by atomic mass is 9.94. The smallest absolute Gasteiger partial charge is 0.328 e. The van der Waals surface area contributed by atoms with Crippen LogP contribution in [0.4, 0.5) is 22.7 Å². The Balaban J connectivity index is 1.08. The molecule has 2 unspecified atom stereocenters. The van der Waals surface area contributed by atoms with Crippen molar-refractivity contribution in [2.45, 2.75) is 98.6 Å². The molecule has 0 radical (unpaired) electrons. The van der Waals surface area contributed by atoms with Crippen molar-refractivity contribution in [3.05, 3.63) is 195 Å². The molecule has 0 saturated carbocycles. The minimum Gasteiger partial charge on any atom is -0.478 e. The molecular weight excluding hydrogens is 1020 g/mol. The highest BCUT2D eigenvalue weighted by molar-refractivity contribution is 8.00. The Bertz CT molecular complexity index is 3390. The van der Waals surface area contributed by atoms with Gasteiger partial charge in [0.25, 0.3) is 0 Å². The predicted octanol–water partition coefficient (Wildman–Crippen LogP) is 17.0. The third kappa shape index (κ3) is 12.7. The number of aliphatic carboxylic acids is 2. The van der Waals surface area contributed by atoms with Gasteiger partial charge < -0.3 is 24.7 Å². The number of carbonyl (C=O) groups is 3. The number of hydrogen-bond acceptors (Lipinski definition) is 10. The van der Waals surface area contributed by atoms with Crippen LogP contribution >= 0.6 is 23.5 Å². The summed E-state index contributed by atoms with van der Waals surface area (Å²) < 4.78 is 6.65. The van der Waals surface area contributed by atoms with E-state index in [1.54, 1.807) is 72.1 Å². The number of rotatable bonds is 20. The monoisotopic (exact) mass is 1080 g/mol. The van der Waals surface area contributed by atoms with Crippen LogP contribution in [0.3, 0.4) is 0 Å². The minimum absolute atomic E-state index is 0.158. The molecule has 9 rings (SSSR count). The van der Waals surface area contributed by atoms with Crippen LogP contribution in [0, 0.1) is 34.5 Å². The van der Waals surface area contributed by atoms with E-state index in [9.17, 15) is 35.1 Å². The quantitative estimate of drug-likeness (QED) is 0.0563. The largest absolute Gasteiger partial charge is 0.478 e. The normalized spacial score (nSPS) is 15.3. The molecule has 0 aromatic heterocycles. The lowest BCUT2D eigenvalue weighted by Crippen LogP contribution is -2.27. The molecule has 1 aliphatic carbocycles. The highest BCUT2D eigenvalue weighted by atomic mass is 32.2. The zero-order valence-corrected chi connectivity index (χ0v) is 46.5. The molecule has 10 nitrogen and oxygen atoms in total. The summed E-state index contributed by atoms with van der Waals surface area (Å²) in [6, 6.07) is 36.1. The number of anilines is 4. The summed E-state index contributed by atoms with van der Waals surface area (Å²) in [4.78, 5) is 46.3. The van der Waals surface area contributed by atoms with Crippen molar-refractivity contribution in [3.8, 4) is 12.1 Å². The summed E-state index contributed by atoms with van der Waals surface area (Å²) in [6.07, 6.45) is 25.7. The molecule has 0 amide bonds. The summed E-state index contributed by atoms with van der Waals surface area (Å²) in [5, 5.41) is 39.2. The van der Waals surface area contributed by atoms with Crippen LogP contribution in [0.1, 0.15) is 117 Å². The van der Waals surface area contributed by atoms with Crippen LogP contribution in [0.2, 0.25) is 0 Å². The minimum atomic E-state index is -1.00. The topological polar surface area (TPSA) is 155 Å². The lowest BCUT2D eigenvalue weighted by Gasteiger charge is -2.35. The lowest BCUT2D eigenvalue weighted by molar-refractivity contribution is -0.132. The van der Waals surface area contributed by atoms with Gasteiger partial charge in [-0.3, -0.25) is 4.79 Å². The SMILES string of the molecule is CCCCC(CC)CN1c2ccc(/C=C/C(=O)O)cc2Sc2cc(/C=C/C3=CC(=C4C(=O)c5ccccc5C4=C(C#N)C#N)C=C(/C=C/c4ccc5c(c4)Sc4cc(/C=C/C(=O)O)ccc4N5CC(CC)CCCC)O3)ccc21. The fraction of sp³-hybridized carbons (Fsp3) is 0.239. The number of carbonyl (C=O) groups excluding carboxylic acids is 1. The van der Waals surface area contributed by atoms with Crippen LogP contribution in [-0.2, 0) is 14.3 Å². The first-order valence-electron chi connectivity index (χ1n) is 27.1. The Hall–Kier alpha value is -8.29. The highest BCUT2D eigenvalue weighted by Crippen LogP contribution is 2.51. The second-order valence-electron chi connectivity index (χ2n) is 20.1. The van der Waals surface area contributed by atoms with Crippen molar-refractivity contribution in [1.82, 2.24) is 0 Å². The Morgan fingerprint density at radius 1 is 0.582 bits per heavy atom. The van der Waals surface area contributed by atoms with E-state index in [4.69, 9.17) is 4.74 Å². The Kier molecular flexibility index (Phi) is 17.9. The van der Waals surface area contributed by atoms with Gasteiger partial charge in [-0.05, 0) is 143 Å². The van der Waals surface area contributed by atoms with Gasteiger partial charge in [0.2, 0.25) is 0 Å². The number of nitriles is 2. The molecule has 79 heavy (non-hydrogen) atoms. The van der Waals surface area contributed by atoms with Crippen molar-refractivity contribution in [3.63, 3.8) is 0 Å². The zero-order chi connectivity index (χ0) is 55.6. The van der Waals surface area contributed by atoms with E-state index in [1.807, 2.05) is 60.7 Å². The number of carboxylic acids is 2. The Labute approximate surface area is 471 Å². The van der Waals surface area contributed by atoms with Crippen molar-refractivity contribution in [2.24, 2.45) is 11.8 Å². The summed E-state index contributed by atoms with van der Waals surface area (Å²) in [7, 11) is 0. The molecule has 398 valence electrons. The predicted molar refractivity (Wildman–Crippen MR) is 319 cm³/mol. The van der Waals surface area contributed by atoms with Crippen LogP contribution in [-0.4, -0.2) is 41.0 Å². The van der Waals surface area contributed by atoms with Gasteiger partial charge >= 0.3 is 11.9 Å². The van der Waals surface area contributed by atoms with E-state index < -0.39 is 11.9 Å². The van der Waals surface area contributed by atoms with E-state index in [0.717, 1.165) is 141 Å². The average molecular weight is 1080 g/mol. The van der Waals surface area contributed by atoms with Crippen LogP contribution < -0.4 is 9.80 Å². The van der Waals surface area contributed by atoms with E-state index in [1.165, 1.54) is 0 Å². The van der Waals surface area contributed by atoms with Gasteiger partial charge in [-0.25, -0.2) is 9.59 Å². The molecule has 0 spiro atoms. The maximum absolute atomic E-state index is 14.4. The molecule has 5 aromatic rings. The van der Waals surface area contributed by atoms with Crippen molar-refractivity contribution < 1.29 is 29.3 Å². The number of Topliss-reactive ketones (excluding diaryl/α,β-unsaturated/α-hetero) is 1. The third-order valence-electron chi connectivity index (χ3n) is 14.7. The number of ketones is 1. The first-order chi connectivity index (χ1) is 38.4. The molecule has 2 atom stereocenters. The average Bonchev–Trinajstić information content (AvgIpc) is 4.05. The van der Waals surface area contributed by atoms with Crippen molar-refractivity contribution >= 4 is 93.9 Å². The fourth-order valence-electron chi connectivity index (χ4n) is 10.5. The van der Waals surface area contributed by atoms with Gasteiger partial charge in [0.05, 0.1) is 22.7 Å². The standard InChI is InChI=1S/C67H62N4O6S2/c1-5-9-13-43(7-3)41-70-55-27-19-45(33-59(55)78-61-35-47(21-29-57(61)70)23-31-63(72)73)17-25-51-37-49(66-65(50(39-68)40-69)53-15-11-12-16-54(53)67(66)76)38-52(77-51)26-18-46-20-28-56-60(34-46)79-62-36-48(24-32-64(74)75)22-30-58(62)71(56)42-44(8-4)14-10-6-2/h11-12,15-38,43-44H,5-10,13-14,41-42H2,1-4H3,(H,72,73)(H,74,75)/b25-17+,26-18+,31-23+,32-24+,66-49?. The van der Waals surface area contributed by atoms with Gasteiger partial charge in [0.15, 0.2) is 5.78 Å². The number of benzene rings is 5. The maximum atomic E-state index is 14.4. The van der Waals surface area contributed by atoms with E-state index in [2.05, 4.69) is 86.0 Å². The first kappa shape index (κ1) is 55.5. The number of nitrogens with zero attached hydrogens (tertiary/aromatic N) is 4. The van der Waals surface area contributed by atoms with Crippen LogP contribution in [0.25, 0.3) is 29.9 Å². The van der Waals surface area contributed by atoms with Gasteiger partial charge in [-0.15, -0.1) is 0 Å². The van der Waals surface area contributed by atoms with Gasteiger partial charge in [0, 0.05) is 61.5 Å². The molecule has 3 heterocycles. The molecular formula is C67H62N4O6S2. The number of fused-ring (bicyclic) bond motifs is 5. The van der Waals surface area contributed by atoms with Crippen molar-refractivity contribution in [1.29, 1.82) is 10.5 Å². The van der Waals surface area contributed by atoms with Gasteiger partial charge in [-0.1, -0.05) is 150 Å². The third-order valence-corrected chi connectivity index (χ3v) is 16.9. The molecule has 4 aliphatic rings. The number of hydrogen-bond donors (Lipinski definition) is 2. The highest BCUT2D eigenvalue weighted by Gasteiger charge is 2.35. The van der Waals surface area contributed by atoms with Gasteiger partial charge in [0.1, 0.15) is 29.2 Å². The summed E-state index contributed by atoms with van der Waals surface area (Å²) in [5.41, 5.74) is 9.62. The Morgan fingerprint density at radius 3 is 1.37 bits per heavy atom. The fourth-order valence-corrected chi connectivity index (χ4v) is 12.9. The molecule has 0 fully saturated rings. The molecule has 12 heteroatoms. The zero-order valence-electron chi connectivity index (χ0n) is 44.9. The van der Waals surface area contributed by atoms with Crippen molar-refractivity contribution in [2.75, 3.05) is 22.9 Å². The van der Waals surface area contributed by atoms with E-state index >= 15 is 0 Å². The second kappa shape index (κ2) is 25.5. The molecule has 0 bridgehead atoms. The molecule has 5 aromatic carbocycles. The number of carboxylic acid groups (broad SMARTS) is 2. The summed E-state index contributed by atoms with van der Waals surface area (Å²) >= 11 is 3.30. The summed E-state index contributed by atoms with van der Waals surface area (Å²) in [5.74, 6) is -0.461.